The van der Waals surface area contributed by atoms with Crippen LogP contribution in [0, 0.1) is 6.92 Å². The van der Waals surface area contributed by atoms with E-state index in [9.17, 15) is 18.4 Å². The van der Waals surface area contributed by atoms with Crippen molar-refractivity contribution >= 4 is 5.97 Å². The van der Waals surface area contributed by atoms with Gasteiger partial charge in [-0.3, -0.25) is 4.79 Å². The molecule has 21 heavy (non-hydrogen) atoms. The summed E-state index contributed by atoms with van der Waals surface area (Å²) in [6.45, 7) is 3.34. The lowest BCUT2D eigenvalue weighted by atomic mass is 9.82. The van der Waals surface area contributed by atoms with E-state index in [0.29, 0.717) is 18.4 Å². The van der Waals surface area contributed by atoms with Gasteiger partial charge in [-0.25, -0.2) is 13.6 Å². The van der Waals surface area contributed by atoms with E-state index in [1.54, 1.807) is 13.8 Å². The number of hydrogen-bond acceptors (Lipinski definition) is 3. The molecule has 0 unspecified atom stereocenters. The van der Waals surface area contributed by atoms with E-state index >= 15 is 0 Å². The number of alkyl halides is 2. The van der Waals surface area contributed by atoms with Gasteiger partial charge in [-0.2, -0.15) is 0 Å². The molecule has 0 saturated heterocycles. The second-order valence-electron chi connectivity index (χ2n) is 5.46. The lowest BCUT2D eigenvalue weighted by Gasteiger charge is -2.29. The van der Waals surface area contributed by atoms with Crippen molar-refractivity contribution < 1.29 is 18.3 Å². The third kappa shape index (κ3) is 3.31. The van der Waals surface area contributed by atoms with Gasteiger partial charge < -0.3 is 9.72 Å². The van der Waals surface area contributed by atoms with Crippen LogP contribution < -0.4 is 5.43 Å². The monoisotopic (exact) mass is 299 g/mol. The normalized spacial score (nSPS) is 21.0. The molecule has 0 amide bonds. The molecule has 6 heteroatoms. The van der Waals surface area contributed by atoms with Crippen LogP contribution in [0.5, 0.6) is 0 Å². The van der Waals surface area contributed by atoms with Gasteiger partial charge in [0.15, 0.2) is 5.43 Å². The summed E-state index contributed by atoms with van der Waals surface area (Å²) in [5, 5.41) is 0. The number of hydrogen-bond donors (Lipinski definition) is 1. The summed E-state index contributed by atoms with van der Waals surface area (Å²) >= 11 is 0. The zero-order chi connectivity index (χ0) is 15.6. The molecule has 4 nitrogen and oxygen atoms in total. The molecular formula is C15H19F2NO3. The molecule has 0 spiro atoms. The molecule has 0 bridgehead atoms. The molecule has 116 valence electrons. The van der Waals surface area contributed by atoms with Crippen molar-refractivity contribution in [3.8, 4) is 0 Å². The van der Waals surface area contributed by atoms with Crippen molar-refractivity contribution in [3.05, 3.63) is 33.2 Å². The minimum Gasteiger partial charge on any atom is -0.462 e. The number of aromatic amines is 1. The quantitative estimate of drug-likeness (QED) is 0.872. The Labute approximate surface area is 121 Å². The Morgan fingerprint density at radius 3 is 2.86 bits per heavy atom. The number of H-pyrrole nitrogens is 1. The summed E-state index contributed by atoms with van der Waals surface area (Å²) < 4.78 is 32.1. The van der Waals surface area contributed by atoms with Crippen molar-refractivity contribution in [1.29, 1.82) is 0 Å². The third-order valence-electron chi connectivity index (χ3n) is 3.83. The molecule has 1 fully saturated rings. The highest BCUT2D eigenvalue weighted by Crippen LogP contribution is 2.41. The Hall–Kier alpha value is -1.72. The van der Waals surface area contributed by atoms with Crippen molar-refractivity contribution in [2.75, 3.05) is 6.61 Å². The van der Waals surface area contributed by atoms with Gasteiger partial charge >= 0.3 is 5.97 Å². The Bertz CT molecular complexity index is 595. The maximum absolute atomic E-state index is 13.6. The molecule has 1 saturated carbocycles. The van der Waals surface area contributed by atoms with E-state index in [1.165, 1.54) is 6.20 Å². The van der Waals surface area contributed by atoms with Gasteiger partial charge in [-0.15, -0.1) is 0 Å². The number of ether oxygens (including phenoxy) is 1. The lowest BCUT2D eigenvalue weighted by molar-refractivity contribution is -0.0414. The third-order valence-corrected chi connectivity index (χ3v) is 3.83. The van der Waals surface area contributed by atoms with Crippen LogP contribution in [-0.4, -0.2) is 23.5 Å². The van der Waals surface area contributed by atoms with Gasteiger partial charge in [-0.1, -0.05) is 0 Å². The van der Waals surface area contributed by atoms with E-state index in [-0.39, 0.29) is 30.7 Å². The molecule has 1 aliphatic rings. The SMILES string of the molecule is CCOC(=O)c1c([C@H]2CCCC(F)(F)C2)[nH]cc(C)c1=O. The minimum atomic E-state index is -2.75. The zero-order valence-electron chi connectivity index (χ0n) is 12.2. The molecule has 0 aliphatic heterocycles. The van der Waals surface area contributed by atoms with Gasteiger partial charge in [0.2, 0.25) is 5.92 Å². The number of nitrogens with one attached hydrogen (secondary N) is 1. The number of esters is 1. The highest BCUT2D eigenvalue weighted by Gasteiger charge is 2.39. The van der Waals surface area contributed by atoms with Crippen LogP contribution in [0.3, 0.4) is 0 Å². The topological polar surface area (TPSA) is 59.2 Å². The Kier molecular flexibility index (Phi) is 4.44. The van der Waals surface area contributed by atoms with Crippen LogP contribution >= 0.6 is 0 Å². The van der Waals surface area contributed by atoms with Crippen LogP contribution in [0.2, 0.25) is 0 Å². The van der Waals surface area contributed by atoms with Crippen LogP contribution in [0.25, 0.3) is 0 Å². The molecule has 1 atom stereocenters. The lowest BCUT2D eigenvalue weighted by Crippen LogP contribution is -2.30. The average Bonchev–Trinajstić information content (AvgIpc) is 2.40. The number of halogens is 2. The van der Waals surface area contributed by atoms with Crippen LogP contribution in [0.4, 0.5) is 8.78 Å². The standard InChI is InChI=1S/C15H19F2NO3/c1-3-21-14(20)11-12(18-8-9(2)13(11)19)10-5-4-6-15(16,17)7-10/h8,10H,3-7H2,1-2H3,(H,18,19)/t10-/m0/s1. The first-order valence-corrected chi connectivity index (χ1v) is 7.13. The minimum absolute atomic E-state index is 0.125. The predicted octanol–water partition coefficient (Wildman–Crippen LogP) is 3.15. The second-order valence-corrected chi connectivity index (χ2v) is 5.46. The van der Waals surface area contributed by atoms with Gasteiger partial charge in [0.25, 0.3) is 0 Å². The summed E-state index contributed by atoms with van der Waals surface area (Å²) in [5.41, 5.74) is 0.0726. The Balaban J connectivity index is 2.46. The fraction of sp³-hybridized carbons (Fsp3) is 0.600. The van der Waals surface area contributed by atoms with Crippen LogP contribution in [-0.2, 0) is 4.74 Å². The van der Waals surface area contributed by atoms with Crippen molar-refractivity contribution in [2.45, 2.75) is 51.4 Å². The van der Waals surface area contributed by atoms with Crippen LogP contribution in [0.15, 0.2) is 11.0 Å². The second kappa shape index (κ2) is 5.95. The number of carbonyl (C=O) groups excluding carboxylic acids is 1. The van der Waals surface area contributed by atoms with E-state index in [2.05, 4.69) is 4.98 Å². The maximum Gasteiger partial charge on any atom is 0.343 e. The summed E-state index contributed by atoms with van der Waals surface area (Å²) in [4.78, 5) is 27.1. The molecule has 0 aromatic carbocycles. The average molecular weight is 299 g/mol. The van der Waals surface area contributed by atoms with Crippen molar-refractivity contribution in [2.24, 2.45) is 0 Å². The fourth-order valence-corrected chi connectivity index (χ4v) is 2.79. The number of carbonyl (C=O) groups is 1. The fourth-order valence-electron chi connectivity index (χ4n) is 2.79. The van der Waals surface area contributed by atoms with Gasteiger partial charge in [-0.05, 0) is 26.7 Å². The van der Waals surface area contributed by atoms with Crippen LogP contribution in [0.1, 0.15) is 60.1 Å². The first-order chi connectivity index (χ1) is 9.85. The number of aryl methyl sites for hydroxylation is 1. The van der Waals surface area contributed by atoms with E-state index < -0.39 is 23.2 Å². The molecule has 0 radical (unpaired) electrons. The Morgan fingerprint density at radius 2 is 2.24 bits per heavy atom. The number of aromatic nitrogens is 1. The smallest absolute Gasteiger partial charge is 0.343 e. The zero-order valence-corrected chi connectivity index (χ0v) is 12.2. The molecule has 2 rings (SSSR count). The highest BCUT2D eigenvalue weighted by molar-refractivity contribution is 5.90. The number of rotatable bonds is 3. The summed E-state index contributed by atoms with van der Waals surface area (Å²) in [6.07, 6.45) is 1.87. The molecule has 1 N–H and O–H groups in total. The maximum atomic E-state index is 13.6. The van der Waals surface area contributed by atoms with E-state index in [0.717, 1.165) is 0 Å². The first kappa shape index (κ1) is 15.7. The molecule has 1 aliphatic carbocycles. The molecule has 1 aromatic rings. The Morgan fingerprint density at radius 1 is 1.52 bits per heavy atom. The molecular weight excluding hydrogens is 280 g/mol. The largest absolute Gasteiger partial charge is 0.462 e. The van der Waals surface area contributed by atoms with E-state index in [1.807, 2.05) is 0 Å². The summed E-state index contributed by atoms with van der Waals surface area (Å²) in [6, 6.07) is 0. The number of pyridine rings is 1. The van der Waals surface area contributed by atoms with Gasteiger partial charge in [0, 0.05) is 36.2 Å². The molecule has 1 heterocycles. The molecule has 1 aromatic heterocycles. The van der Waals surface area contributed by atoms with E-state index in [4.69, 9.17) is 4.74 Å². The highest BCUT2D eigenvalue weighted by atomic mass is 19.3. The predicted molar refractivity (Wildman–Crippen MR) is 73.9 cm³/mol. The first-order valence-electron chi connectivity index (χ1n) is 7.13. The summed E-state index contributed by atoms with van der Waals surface area (Å²) in [5.74, 6) is -4.02. The van der Waals surface area contributed by atoms with Crippen molar-refractivity contribution in [3.63, 3.8) is 0 Å². The summed E-state index contributed by atoms with van der Waals surface area (Å²) in [7, 11) is 0. The van der Waals surface area contributed by atoms with Gasteiger partial charge in [0.05, 0.1) is 6.61 Å². The van der Waals surface area contributed by atoms with Crippen molar-refractivity contribution in [1.82, 2.24) is 4.98 Å². The van der Waals surface area contributed by atoms with Gasteiger partial charge in [0.1, 0.15) is 5.56 Å².